The summed E-state index contributed by atoms with van der Waals surface area (Å²) >= 11 is 0. The summed E-state index contributed by atoms with van der Waals surface area (Å²) in [6.07, 6.45) is 4.03. The van der Waals surface area contributed by atoms with Crippen LogP contribution >= 0.6 is 0 Å². The van der Waals surface area contributed by atoms with Gasteiger partial charge in [-0.2, -0.15) is 0 Å². The van der Waals surface area contributed by atoms with Crippen LogP contribution in [0.15, 0.2) is 11.6 Å². The van der Waals surface area contributed by atoms with E-state index in [0.717, 1.165) is 19.4 Å². The summed E-state index contributed by atoms with van der Waals surface area (Å²) in [7, 11) is 0. The van der Waals surface area contributed by atoms with E-state index in [1.54, 1.807) is 6.08 Å². The quantitative estimate of drug-likeness (QED) is 0.689. The van der Waals surface area contributed by atoms with E-state index >= 15 is 0 Å². The molecule has 0 radical (unpaired) electrons. The van der Waals surface area contributed by atoms with E-state index in [1.807, 2.05) is 6.92 Å². The Hall–Kier alpha value is -1.36. The molecule has 1 saturated heterocycles. The molecule has 1 amide bonds. The summed E-state index contributed by atoms with van der Waals surface area (Å²) in [6, 6.07) is 0. The molecule has 1 atom stereocenters. The Kier molecular flexibility index (Phi) is 5.15. The van der Waals surface area contributed by atoms with Crippen molar-refractivity contribution in [1.82, 2.24) is 4.90 Å². The number of carboxylic acid groups (broad SMARTS) is 1. The van der Waals surface area contributed by atoms with Crippen molar-refractivity contribution in [1.29, 1.82) is 0 Å². The molecule has 0 bridgehead atoms. The first kappa shape index (κ1) is 13.7. The van der Waals surface area contributed by atoms with Crippen LogP contribution in [-0.4, -0.2) is 41.5 Å². The third-order valence-electron chi connectivity index (χ3n) is 3.16. The number of hydrogen-bond acceptors (Lipinski definition) is 3. The highest BCUT2D eigenvalue weighted by atomic mass is 16.4. The van der Waals surface area contributed by atoms with Gasteiger partial charge >= 0.3 is 5.97 Å². The lowest BCUT2D eigenvalue weighted by atomic mass is 9.97. The monoisotopic (exact) mass is 240 g/mol. The van der Waals surface area contributed by atoms with Crippen molar-refractivity contribution in [2.45, 2.75) is 26.2 Å². The van der Waals surface area contributed by atoms with E-state index in [2.05, 4.69) is 4.90 Å². The predicted molar refractivity (Wildman–Crippen MR) is 64.4 cm³/mol. The molecule has 0 aliphatic carbocycles. The number of piperidine rings is 1. The van der Waals surface area contributed by atoms with Crippen LogP contribution in [0.1, 0.15) is 26.2 Å². The van der Waals surface area contributed by atoms with Gasteiger partial charge in [0.15, 0.2) is 0 Å². The van der Waals surface area contributed by atoms with Crippen molar-refractivity contribution < 1.29 is 14.7 Å². The van der Waals surface area contributed by atoms with Crippen LogP contribution in [0.2, 0.25) is 0 Å². The number of likely N-dealkylation sites (tertiary alicyclic amines) is 1. The Morgan fingerprint density at radius 2 is 2.24 bits per heavy atom. The largest absolute Gasteiger partial charge is 0.478 e. The van der Waals surface area contributed by atoms with E-state index in [4.69, 9.17) is 10.8 Å². The lowest BCUT2D eigenvalue weighted by Crippen LogP contribution is -2.41. The van der Waals surface area contributed by atoms with Crippen LogP contribution in [0.4, 0.5) is 0 Å². The lowest BCUT2D eigenvalue weighted by Gasteiger charge is -2.30. The summed E-state index contributed by atoms with van der Waals surface area (Å²) in [5, 5.41) is 8.88. The zero-order valence-electron chi connectivity index (χ0n) is 10.2. The second-order valence-electron chi connectivity index (χ2n) is 4.39. The van der Waals surface area contributed by atoms with Crippen LogP contribution in [0.25, 0.3) is 0 Å². The lowest BCUT2D eigenvalue weighted by molar-refractivity contribution is -0.132. The molecule has 3 N–H and O–H groups in total. The third-order valence-corrected chi connectivity index (χ3v) is 3.16. The molecule has 17 heavy (non-hydrogen) atoms. The standard InChI is InChI=1S/C12H20N2O3/c1-2-9(12(16)17)5-7-14-6-3-4-10(8-14)11(13)15/h5,10H,2-4,6-8H2,1H3,(H2,13,15)(H,16,17). The molecule has 5 nitrogen and oxygen atoms in total. The van der Waals surface area contributed by atoms with Gasteiger partial charge in [-0.1, -0.05) is 13.0 Å². The Balaban J connectivity index is 2.51. The molecular formula is C12H20N2O3. The second kappa shape index (κ2) is 6.39. The highest BCUT2D eigenvalue weighted by molar-refractivity contribution is 5.86. The Labute approximate surface area is 101 Å². The van der Waals surface area contributed by atoms with Gasteiger partial charge in [-0.15, -0.1) is 0 Å². The minimum Gasteiger partial charge on any atom is -0.478 e. The van der Waals surface area contributed by atoms with Crippen molar-refractivity contribution in [2.24, 2.45) is 11.7 Å². The van der Waals surface area contributed by atoms with E-state index in [0.29, 0.717) is 25.1 Å². The maximum absolute atomic E-state index is 11.1. The van der Waals surface area contributed by atoms with Gasteiger partial charge < -0.3 is 10.8 Å². The fourth-order valence-electron chi connectivity index (χ4n) is 2.08. The van der Waals surface area contributed by atoms with Gasteiger partial charge in [0, 0.05) is 18.7 Å². The third kappa shape index (κ3) is 4.19. The van der Waals surface area contributed by atoms with Crippen LogP contribution in [-0.2, 0) is 9.59 Å². The fraction of sp³-hybridized carbons (Fsp3) is 0.667. The second-order valence-corrected chi connectivity index (χ2v) is 4.39. The van der Waals surface area contributed by atoms with Gasteiger partial charge in [-0.25, -0.2) is 4.79 Å². The number of nitrogens with two attached hydrogens (primary N) is 1. The summed E-state index contributed by atoms with van der Waals surface area (Å²) in [5.74, 6) is -1.21. The Morgan fingerprint density at radius 1 is 1.53 bits per heavy atom. The van der Waals surface area contributed by atoms with Crippen LogP contribution in [0.5, 0.6) is 0 Å². The van der Waals surface area contributed by atoms with Gasteiger partial charge in [0.25, 0.3) is 0 Å². The Morgan fingerprint density at radius 3 is 2.76 bits per heavy atom. The van der Waals surface area contributed by atoms with Crippen molar-refractivity contribution >= 4 is 11.9 Å². The number of nitrogens with zero attached hydrogens (tertiary/aromatic N) is 1. The van der Waals surface area contributed by atoms with E-state index in [9.17, 15) is 9.59 Å². The molecule has 1 unspecified atom stereocenters. The number of carboxylic acids is 1. The van der Waals surface area contributed by atoms with E-state index in [-0.39, 0.29) is 11.8 Å². The molecule has 5 heteroatoms. The summed E-state index contributed by atoms with van der Waals surface area (Å²) in [4.78, 5) is 24.0. The molecule has 1 heterocycles. The molecule has 96 valence electrons. The molecule has 1 rings (SSSR count). The first-order chi connectivity index (χ1) is 8.04. The van der Waals surface area contributed by atoms with Crippen molar-refractivity contribution in [3.63, 3.8) is 0 Å². The van der Waals surface area contributed by atoms with Crippen molar-refractivity contribution in [2.75, 3.05) is 19.6 Å². The fourth-order valence-corrected chi connectivity index (χ4v) is 2.08. The molecule has 1 aliphatic heterocycles. The number of aliphatic carboxylic acids is 1. The number of carbonyl (C=O) groups excluding carboxylic acids is 1. The maximum Gasteiger partial charge on any atom is 0.331 e. The van der Waals surface area contributed by atoms with Gasteiger partial charge in [0.2, 0.25) is 5.91 Å². The summed E-state index contributed by atoms with van der Waals surface area (Å²) in [6.45, 7) is 3.95. The van der Waals surface area contributed by atoms with Crippen molar-refractivity contribution in [3.8, 4) is 0 Å². The average molecular weight is 240 g/mol. The summed E-state index contributed by atoms with van der Waals surface area (Å²) < 4.78 is 0. The number of amides is 1. The van der Waals surface area contributed by atoms with Gasteiger partial charge in [-0.05, 0) is 25.8 Å². The zero-order valence-corrected chi connectivity index (χ0v) is 10.2. The molecule has 0 spiro atoms. The zero-order chi connectivity index (χ0) is 12.8. The van der Waals surface area contributed by atoms with Crippen LogP contribution < -0.4 is 5.73 Å². The van der Waals surface area contributed by atoms with Crippen molar-refractivity contribution in [3.05, 3.63) is 11.6 Å². The number of carbonyl (C=O) groups is 2. The molecule has 1 aliphatic rings. The first-order valence-electron chi connectivity index (χ1n) is 5.98. The smallest absolute Gasteiger partial charge is 0.331 e. The van der Waals surface area contributed by atoms with E-state index < -0.39 is 5.97 Å². The number of hydrogen-bond donors (Lipinski definition) is 2. The molecule has 0 aromatic heterocycles. The minimum absolute atomic E-state index is 0.0907. The average Bonchev–Trinajstić information content (AvgIpc) is 2.29. The van der Waals surface area contributed by atoms with Crippen LogP contribution in [0.3, 0.4) is 0 Å². The SMILES string of the molecule is CCC(=CCN1CCCC(C(N)=O)C1)C(=O)O. The highest BCUT2D eigenvalue weighted by Gasteiger charge is 2.23. The highest BCUT2D eigenvalue weighted by Crippen LogP contribution is 2.16. The van der Waals surface area contributed by atoms with E-state index in [1.165, 1.54) is 0 Å². The predicted octanol–water partition coefficient (Wildman–Crippen LogP) is 0.605. The molecule has 0 aromatic carbocycles. The van der Waals surface area contributed by atoms with Gasteiger partial charge in [0.05, 0.1) is 5.92 Å². The number of primary amides is 1. The number of rotatable bonds is 5. The molecule has 0 aromatic rings. The Bertz CT molecular complexity index is 326. The topological polar surface area (TPSA) is 83.6 Å². The van der Waals surface area contributed by atoms with Gasteiger partial charge in [-0.3, -0.25) is 9.69 Å². The van der Waals surface area contributed by atoms with Gasteiger partial charge in [0.1, 0.15) is 0 Å². The normalized spacial score (nSPS) is 22.4. The van der Waals surface area contributed by atoms with Crippen LogP contribution in [0, 0.1) is 5.92 Å². The molecule has 0 saturated carbocycles. The molecule has 1 fully saturated rings. The minimum atomic E-state index is -0.865. The molecular weight excluding hydrogens is 220 g/mol. The maximum atomic E-state index is 11.1. The first-order valence-corrected chi connectivity index (χ1v) is 5.98. The summed E-state index contributed by atoms with van der Waals surface area (Å²) in [5.41, 5.74) is 5.71.